The van der Waals surface area contributed by atoms with Crippen molar-refractivity contribution in [1.29, 1.82) is 0 Å². The highest BCUT2D eigenvalue weighted by Crippen LogP contribution is 2.37. The first-order valence-electron chi connectivity index (χ1n) is 13.4. The first-order valence-corrected chi connectivity index (χ1v) is 13.4. The Morgan fingerprint density at radius 1 is 0.636 bits per heavy atom. The SMILES string of the molecule is Cc1cc(-c2nnc(C3=CCC(C(F)(F)F)C=C3)o2)ccc1-c1ccc(-c2nnc(-c3ccc(C(F)(F)F)cc3)o2)cc1C. The fraction of sp³-hybridized carbons (Fsp3) is 0.188. The van der Waals surface area contributed by atoms with E-state index in [4.69, 9.17) is 8.83 Å². The van der Waals surface area contributed by atoms with Crippen LogP contribution in [0.1, 0.15) is 29.0 Å². The molecule has 5 aromatic rings. The highest BCUT2D eigenvalue weighted by atomic mass is 19.4. The molecule has 0 amide bonds. The molecule has 6 nitrogen and oxygen atoms in total. The molecule has 0 N–H and O–H groups in total. The van der Waals surface area contributed by atoms with Gasteiger partial charge in [-0.3, -0.25) is 0 Å². The average molecular weight is 609 g/mol. The zero-order chi connectivity index (χ0) is 31.2. The van der Waals surface area contributed by atoms with Crippen LogP contribution in [-0.2, 0) is 6.18 Å². The number of rotatable bonds is 5. The summed E-state index contributed by atoms with van der Waals surface area (Å²) in [5.41, 5.74) is 5.10. The fourth-order valence-electron chi connectivity index (χ4n) is 4.93. The predicted molar refractivity (Wildman–Crippen MR) is 150 cm³/mol. The van der Waals surface area contributed by atoms with Gasteiger partial charge in [-0.15, -0.1) is 20.4 Å². The third-order valence-electron chi connectivity index (χ3n) is 7.31. The molecule has 0 bridgehead atoms. The molecule has 2 heterocycles. The van der Waals surface area contributed by atoms with Crippen LogP contribution in [0.3, 0.4) is 0 Å². The topological polar surface area (TPSA) is 77.8 Å². The lowest BCUT2D eigenvalue weighted by molar-refractivity contribution is -0.160. The lowest BCUT2D eigenvalue weighted by atomic mass is 9.94. The summed E-state index contributed by atoms with van der Waals surface area (Å²) in [6, 6.07) is 15.7. The minimum Gasteiger partial charge on any atom is -0.416 e. The monoisotopic (exact) mass is 608 g/mol. The van der Waals surface area contributed by atoms with E-state index in [2.05, 4.69) is 20.4 Å². The van der Waals surface area contributed by atoms with Crippen LogP contribution in [0.25, 0.3) is 51.1 Å². The Morgan fingerprint density at radius 3 is 1.57 bits per heavy atom. The highest BCUT2D eigenvalue weighted by molar-refractivity contribution is 5.76. The number of halogens is 6. The first kappa shape index (κ1) is 29.1. The minimum absolute atomic E-state index is 0.104. The third kappa shape index (κ3) is 5.79. The molecule has 0 spiro atoms. The maximum Gasteiger partial charge on any atom is 0.416 e. The van der Waals surface area contributed by atoms with E-state index in [0.717, 1.165) is 40.5 Å². The van der Waals surface area contributed by atoms with Gasteiger partial charge < -0.3 is 8.83 Å². The molecule has 1 aliphatic carbocycles. The molecule has 12 heteroatoms. The Balaban J connectivity index is 1.19. The maximum atomic E-state index is 12.9. The van der Waals surface area contributed by atoms with Gasteiger partial charge in [-0.05, 0) is 91.1 Å². The molecule has 3 aromatic carbocycles. The van der Waals surface area contributed by atoms with Crippen molar-refractivity contribution in [1.82, 2.24) is 20.4 Å². The van der Waals surface area contributed by atoms with Crippen molar-refractivity contribution in [3.63, 3.8) is 0 Å². The molecule has 1 unspecified atom stereocenters. The summed E-state index contributed by atoms with van der Waals surface area (Å²) in [6.45, 7) is 3.86. The number of aromatic nitrogens is 4. The van der Waals surface area contributed by atoms with Crippen LogP contribution in [0.5, 0.6) is 0 Å². The van der Waals surface area contributed by atoms with Gasteiger partial charge in [-0.25, -0.2) is 0 Å². The largest absolute Gasteiger partial charge is 0.416 e. The van der Waals surface area contributed by atoms with Gasteiger partial charge in [-0.1, -0.05) is 30.4 Å². The smallest absolute Gasteiger partial charge is 0.416 e. The second kappa shape index (κ2) is 10.9. The van der Waals surface area contributed by atoms with E-state index in [1.807, 2.05) is 50.2 Å². The summed E-state index contributed by atoms with van der Waals surface area (Å²) in [5.74, 6) is -0.807. The fourth-order valence-corrected chi connectivity index (χ4v) is 4.93. The van der Waals surface area contributed by atoms with E-state index in [0.29, 0.717) is 22.3 Å². The van der Waals surface area contributed by atoms with Crippen LogP contribution in [0.15, 0.2) is 87.7 Å². The van der Waals surface area contributed by atoms with Gasteiger partial charge in [0.05, 0.1) is 11.5 Å². The highest BCUT2D eigenvalue weighted by Gasteiger charge is 2.38. The molecular formula is C32H22F6N4O2. The second-order valence-electron chi connectivity index (χ2n) is 10.4. The summed E-state index contributed by atoms with van der Waals surface area (Å²) in [5, 5.41) is 16.2. The van der Waals surface area contributed by atoms with E-state index in [1.54, 1.807) is 0 Å². The van der Waals surface area contributed by atoms with Crippen molar-refractivity contribution in [2.75, 3.05) is 0 Å². The van der Waals surface area contributed by atoms with Gasteiger partial charge in [0.15, 0.2) is 0 Å². The quantitative estimate of drug-likeness (QED) is 0.185. The van der Waals surface area contributed by atoms with Gasteiger partial charge in [0.25, 0.3) is 0 Å². The van der Waals surface area contributed by atoms with Crippen molar-refractivity contribution < 1.29 is 35.2 Å². The standard InChI is InChI=1S/C32H22F6N4O2/c1-17-15-21(29-41-39-27(43-29)19-3-9-23(10-4-19)31(33,34)35)7-13-25(17)26-14-8-22(16-18(26)2)30-42-40-28(44-30)20-5-11-24(12-6-20)32(36,37)38/h3-11,13-16,24H,12H2,1-2H3. The molecule has 1 aliphatic rings. The zero-order valence-electron chi connectivity index (χ0n) is 23.2. The molecule has 0 saturated heterocycles. The lowest BCUT2D eigenvalue weighted by Gasteiger charge is -2.17. The van der Waals surface area contributed by atoms with Crippen LogP contribution in [0, 0.1) is 19.8 Å². The molecule has 6 rings (SSSR count). The second-order valence-corrected chi connectivity index (χ2v) is 10.4. The molecular weight excluding hydrogens is 586 g/mol. The van der Waals surface area contributed by atoms with Crippen molar-refractivity contribution in [2.24, 2.45) is 5.92 Å². The Hall–Kier alpha value is -5.00. The molecule has 0 radical (unpaired) electrons. The molecule has 0 saturated carbocycles. The number of nitrogens with zero attached hydrogens (tertiary/aromatic N) is 4. The van der Waals surface area contributed by atoms with Crippen molar-refractivity contribution in [2.45, 2.75) is 32.6 Å². The van der Waals surface area contributed by atoms with Crippen LogP contribution < -0.4 is 0 Å². The van der Waals surface area contributed by atoms with Gasteiger partial charge in [-0.2, -0.15) is 26.3 Å². The molecule has 0 aliphatic heterocycles. The van der Waals surface area contributed by atoms with Crippen molar-refractivity contribution in [3.05, 3.63) is 101 Å². The number of aryl methyl sites for hydroxylation is 2. The van der Waals surface area contributed by atoms with Gasteiger partial charge in [0, 0.05) is 22.3 Å². The number of benzene rings is 3. The molecule has 1 atom stereocenters. The summed E-state index contributed by atoms with van der Waals surface area (Å²) >= 11 is 0. The number of hydrogen-bond acceptors (Lipinski definition) is 6. The summed E-state index contributed by atoms with van der Waals surface area (Å²) in [7, 11) is 0. The molecule has 224 valence electrons. The van der Waals surface area contributed by atoms with Gasteiger partial charge >= 0.3 is 12.4 Å². The number of hydrogen-bond donors (Lipinski definition) is 0. The molecule has 2 aromatic heterocycles. The normalized spacial score (nSPS) is 15.5. The Labute approximate surface area is 246 Å². The summed E-state index contributed by atoms with van der Waals surface area (Å²) < 4.78 is 89.0. The van der Waals surface area contributed by atoms with E-state index in [9.17, 15) is 26.3 Å². The third-order valence-corrected chi connectivity index (χ3v) is 7.31. The Kier molecular flexibility index (Phi) is 7.22. The van der Waals surface area contributed by atoms with Crippen LogP contribution >= 0.6 is 0 Å². The van der Waals surface area contributed by atoms with E-state index in [-0.39, 0.29) is 30.0 Å². The molecule has 44 heavy (non-hydrogen) atoms. The van der Waals surface area contributed by atoms with Crippen LogP contribution in [0.4, 0.5) is 26.3 Å². The predicted octanol–water partition coefficient (Wildman–Crippen LogP) is 9.28. The van der Waals surface area contributed by atoms with Gasteiger partial charge in [0.2, 0.25) is 23.6 Å². The lowest BCUT2D eigenvalue weighted by Crippen LogP contribution is -2.21. The number of alkyl halides is 6. The zero-order valence-corrected chi connectivity index (χ0v) is 23.2. The number of allylic oxidation sites excluding steroid dienone is 4. The van der Waals surface area contributed by atoms with E-state index >= 15 is 0 Å². The first-order chi connectivity index (χ1) is 20.9. The Morgan fingerprint density at radius 2 is 1.11 bits per heavy atom. The van der Waals surface area contributed by atoms with Gasteiger partial charge in [0.1, 0.15) is 0 Å². The van der Waals surface area contributed by atoms with Crippen LogP contribution in [-0.4, -0.2) is 26.6 Å². The van der Waals surface area contributed by atoms with E-state index < -0.39 is 23.8 Å². The van der Waals surface area contributed by atoms with E-state index in [1.165, 1.54) is 24.3 Å². The average Bonchev–Trinajstić information content (AvgIpc) is 3.68. The van der Waals surface area contributed by atoms with Crippen molar-refractivity contribution >= 4 is 5.57 Å². The maximum absolute atomic E-state index is 12.9. The molecule has 0 fully saturated rings. The summed E-state index contributed by atoms with van der Waals surface area (Å²) in [4.78, 5) is 0. The Bertz CT molecular complexity index is 1900. The van der Waals surface area contributed by atoms with Crippen LogP contribution in [0.2, 0.25) is 0 Å². The van der Waals surface area contributed by atoms with Crippen molar-refractivity contribution in [3.8, 4) is 45.5 Å². The summed E-state index contributed by atoms with van der Waals surface area (Å²) in [6.07, 6.45) is -5.03. The minimum atomic E-state index is -4.44.